The normalized spacial score (nSPS) is 11.1. The van der Waals surface area contributed by atoms with Crippen molar-refractivity contribution in [3.8, 4) is 0 Å². The van der Waals surface area contributed by atoms with Crippen LogP contribution in [0.25, 0.3) is 0 Å². The van der Waals surface area contributed by atoms with Crippen LogP contribution in [0.5, 0.6) is 0 Å². The minimum absolute atomic E-state index is 0.0953. The zero-order valence-corrected chi connectivity index (χ0v) is 22.3. The van der Waals surface area contributed by atoms with Crippen LogP contribution >= 0.6 is 0 Å². The molecule has 0 aliphatic carbocycles. The highest BCUT2D eigenvalue weighted by Gasteiger charge is 2.03. The van der Waals surface area contributed by atoms with Crippen molar-refractivity contribution in [3.63, 3.8) is 0 Å². The zero-order chi connectivity index (χ0) is 25.1. The van der Waals surface area contributed by atoms with E-state index in [1.165, 1.54) is 78.4 Å². The standard InChI is InChI=1S/C29H52O5/c1-33-28(31)25-21-17-13-11-9-7-5-3-4-6-8-10-12-15-19-23-27(30)24-20-16-14-18-22-26-29(32)34-2/h3,5H,4,6-26H2,1-2H3/b5-3-. The van der Waals surface area contributed by atoms with Crippen molar-refractivity contribution in [2.75, 3.05) is 14.2 Å². The van der Waals surface area contributed by atoms with Gasteiger partial charge in [0, 0.05) is 25.7 Å². The molecule has 0 amide bonds. The van der Waals surface area contributed by atoms with Crippen LogP contribution in [0.2, 0.25) is 0 Å². The number of ketones is 1. The monoisotopic (exact) mass is 480 g/mol. The molecule has 0 atom stereocenters. The van der Waals surface area contributed by atoms with Crippen molar-refractivity contribution in [1.82, 2.24) is 0 Å². The molecule has 0 bridgehead atoms. The molecule has 0 N–H and O–H groups in total. The van der Waals surface area contributed by atoms with Gasteiger partial charge in [0.05, 0.1) is 14.2 Å². The molecule has 198 valence electrons. The summed E-state index contributed by atoms with van der Waals surface area (Å²) < 4.78 is 9.27. The summed E-state index contributed by atoms with van der Waals surface area (Å²) in [5.41, 5.74) is 0. The molecule has 0 aromatic carbocycles. The van der Waals surface area contributed by atoms with E-state index in [0.717, 1.165) is 64.2 Å². The van der Waals surface area contributed by atoms with Crippen LogP contribution in [-0.2, 0) is 23.9 Å². The summed E-state index contributed by atoms with van der Waals surface area (Å²) in [7, 11) is 2.88. The van der Waals surface area contributed by atoms with Gasteiger partial charge in [-0.2, -0.15) is 0 Å². The van der Waals surface area contributed by atoms with Gasteiger partial charge in [0.25, 0.3) is 0 Å². The van der Waals surface area contributed by atoms with Crippen LogP contribution in [0.3, 0.4) is 0 Å². The molecule has 34 heavy (non-hydrogen) atoms. The van der Waals surface area contributed by atoms with Gasteiger partial charge in [-0.25, -0.2) is 0 Å². The number of carbonyl (C=O) groups is 3. The number of methoxy groups -OCH3 is 2. The fraction of sp³-hybridized carbons (Fsp3) is 0.828. The first kappa shape index (κ1) is 32.4. The molecule has 0 aromatic rings. The maximum atomic E-state index is 12.0. The predicted octanol–water partition coefficient (Wildman–Crippen LogP) is 8.04. The minimum atomic E-state index is -0.129. The molecule has 0 rings (SSSR count). The number of allylic oxidation sites excluding steroid dienone is 2. The van der Waals surface area contributed by atoms with Crippen molar-refractivity contribution in [1.29, 1.82) is 0 Å². The number of unbranched alkanes of at least 4 members (excludes halogenated alkanes) is 15. The first-order valence-corrected chi connectivity index (χ1v) is 13.9. The second-order valence-corrected chi connectivity index (χ2v) is 9.40. The predicted molar refractivity (Wildman–Crippen MR) is 140 cm³/mol. The van der Waals surface area contributed by atoms with E-state index >= 15 is 0 Å². The average Bonchev–Trinajstić information content (AvgIpc) is 2.84. The third-order valence-electron chi connectivity index (χ3n) is 6.29. The van der Waals surface area contributed by atoms with E-state index in [1.807, 2.05) is 0 Å². The van der Waals surface area contributed by atoms with Crippen molar-refractivity contribution >= 4 is 17.7 Å². The van der Waals surface area contributed by atoms with Crippen LogP contribution in [0.1, 0.15) is 141 Å². The van der Waals surface area contributed by atoms with Crippen LogP contribution in [0, 0.1) is 0 Å². The Balaban J connectivity index is 3.25. The molecule has 0 spiro atoms. The number of hydrogen-bond acceptors (Lipinski definition) is 5. The number of esters is 2. The lowest BCUT2D eigenvalue weighted by atomic mass is 10.0. The van der Waals surface area contributed by atoms with Gasteiger partial charge in [0.15, 0.2) is 0 Å². The van der Waals surface area contributed by atoms with E-state index in [1.54, 1.807) is 0 Å². The minimum Gasteiger partial charge on any atom is -0.469 e. The largest absolute Gasteiger partial charge is 0.469 e. The lowest BCUT2D eigenvalue weighted by Gasteiger charge is -2.03. The van der Waals surface area contributed by atoms with Gasteiger partial charge in [0.1, 0.15) is 5.78 Å². The lowest BCUT2D eigenvalue weighted by Crippen LogP contribution is -1.99. The maximum absolute atomic E-state index is 12.0. The average molecular weight is 481 g/mol. The van der Waals surface area contributed by atoms with E-state index in [4.69, 9.17) is 0 Å². The highest BCUT2D eigenvalue weighted by molar-refractivity contribution is 5.78. The molecule has 0 heterocycles. The summed E-state index contributed by atoms with van der Waals surface area (Å²) in [4.78, 5) is 34.0. The van der Waals surface area contributed by atoms with Gasteiger partial charge in [-0.1, -0.05) is 76.4 Å². The Bertz CT molecular complexity index is 527. The fourth-order valence-electron chi connectivity index (χ4n) is 4.04. The zero-order valence-electron chi connectivity index (χ0n) is 22.3. The first-order chi connectivity index (χ1) is 16.6. The Hall–Kier alpha value is -1.65. The van der Waals surface area contributed by atoms with Crippen LogP contribution in [0.15, 0.2) is 12.2 Å². The molecule has 0 fully saturated rings. The Morgan fingerprint density at radius 2 is 0.735 bits per heavy atom. The Kier molecular flexibility index (Phi) is 24.7. The molecular weight excluding hydrogens is 428 g/mol. The molecule has 5 heteroatoms. The molecule has 0 radical (unpaired) electrons. The van der Waals surface area contributed by atoms with E-state index in [-0.39, 0.29) is 11.9 Å². The molecule has 0 saturated heterocycles. The van der Waals surface area contributed by atoms with Crippen molar-refractivity contribution in [2.24, 2.45) is 0 Å². The van der Waals surface area contributed by atoms with Crippen molar-refractivity contribution in [2.45, 2.75) is 141 Å². The highest BCUT2D eigenvalue weighted by Crippen LogP contribution is 2.13. The second-order valence-electron chi connectivity index (χ2n) is 9.40. The first-order valence-electron chi connectivity index (χ1n) is 13.9. The van der Waals surface area contributed by atoms with E-state index in [0.29, 0.717) is 18.6 Å². The number of hydrogen-bond donors (Lipinski definition) is 0. The summed E-state index contributed by atoms with van der Waals surface area (Å²) in [5.74, 6) is 0.193. The molecule has 0 unspecified atom stereocenters. The molecule has 0 saturated carbocycles. The van der Waals surface area contributed by atoms with Gasteiger partial charge in [-0.3, -0.25) is 14.4 Å². The molecule has 0 aromatic heterocycles. The molecule has 5 nitrogen and oxygen atoms in total. The van der Waals surface area contributed by atoms with Crippen molar-refractivity contribution in [3.05, 3.63) is 12.2 Å². The van der Waals surface area contributed by atoms with E-state index in [2.05, 4.69) is 21.6 Å². The third-order valence-corrected chi connectivity index (χ3v) is 6.29. The second kappa shape index (κ2) is 26.0. The number of rotatable bonds is 25. The topological polar surface area (TPSA) is 69.7 Å². The number of ether oxygens (including phenoxy) is 2. The summed E-state index contributed by atoms with van der Waals surface area (Å²) >= 11 is 0. The summed E-state index contributed by atoms with van der Waals surface area (Å²) in [6.45, 7) is 0. The van der Waals surface area contributed by atoms with Crippen LogP contribution in [-0.4, -0.2) is 31.9 Å². The Morgan fingerprint density at radius 1 is 0.441 bits per heavy atom. The van der Waals surface area contributed by atoms with E-state index < -0.39 is 0 Å². The lowest BCUT2D eigenvalue weighted by molar-refractivity contribution is -0.141. The van der Waals surface area contributed by atoms with Gasteiger partial charge < -0.3 is 9.47 Å². The summed E-state index contributed by atoms with van der Waals surface area (Å²) in [5, 5.41) is 0. The molecule has 0 aliphatic rings. The fourth-order valence-corrected chi connectivity index (χ4v) is 4.04. The quantitative estimate of drug-likeness (QED) is 0.0751. The number of Topliss-reactive ketones (excluding diaryl/α,β-unsaturated/α-hetero) is 1. The number of carbonyl (C=O) groups excluding carboxylic acids is 3. The van der Waals surface area contributed by atoms with E-state index in [9.17, 15) is 14.4 Å². The maximum Gasteiger partial charge on any atom is 0.305 e. The summed E-state index contributed by atoms with van der Waals surface area (Å²) in [6, 6.07) is 0. The van der Waals surface area contributed by atoms with Crippen LogP contribution in [0.4, 0.5) is 0 Å². The van der Waals surface area contributed by atoms with Crippen molar-refractivity contribution < 1.29 is 23.9 Å². The van der Waals surface area contributed by atoms with Crippen LogP contribution < -0.4 is 0 Å². The van der Waals surface area contributed by atoms with Gasteiger partial charge >= 0.3 is 11.9 Å². The molecule has 0 aliphatic heterocycles. The van der Waals surface area contributed by atoms with Gasteiger partial charge in [-0.05, 0) is 51.4 Å². The smallest absolute Gasteiger partial charge is 0.305 e. The highest BCUT2D eigenvalue weighted by atomic mass is 16.5. The Morgan fingerprint density at radius 3 is 1.09 bits per heavy atom. The van der Waals surface area contributed by atoms with Gasteiger partial charge in [0.2, 0.25) is 0 Å². The SMILES string of the molecule is COC(=O)CCCCCCC/C=C\CCCCCCCCC(=O)CCCCCCCC(=O)OC. The third kappa shape index (κ3) is 25.0. The Labute approximate surface area is 209 Å². The summed E-state index contributed by atoms with van der Waals surface area (Å²) in [6.07, 6.45) is 27.7. The van der Waals surface area contributed by atoms with Gasteiger partial charge in [-0.15, -0.1) is 0 Å². The molecular formula is C29H52O5.